The first-order valence-electron chi connectivity index (χ1n) is 4.69. The molecule has 1 aromatic carbocycles. The average molecular weight is 186 g/mol. The molecule has 2 nitrogen and oxygen atoms in total. The van der Waals surface area contributed by atoms with Crippen LogP contribution in [-0.4, -0.2) is 4.98 Å². The van der Waals surface area contributed by atoms with Crippen LogP contribution in [0.1, 0.15) is 11.1 Å². The minimum atomic E-state index is 0.847. The van der Waals surface area contributed by atoms with Crippen LogP contribution in [0.4, 0.5) is 5.69 Å². The first-order valence-corrected chi connectivity index (χ1v) is 4.69. The minimum Gasteiger partial charge on any atom is -0.398 e. The summed E-state index contributed by atoms with van der Waals surface area (Å²) in [5.41, 5.74) is 11.4. The van der Waals surface area contributed by atoms with Crippen LogP contribution in [0.5, 0.6) is 0 Å². The molecule has 0 fully saturated rings. The Hall–Kier alpha value is -1.70. The highest BCUT2D eigenvalue weighted by atomic mass is 14.7. The van der Waals surface area contributed by atoms with Gasteiger partial charge in [0.2, 0.25) is 0 Å². The number of nitrogens with one attached hydrogen (secondary N) is 1. The molecular weight excluding hydrogens is 172 g/mol. The molecule has 2 aromatic rings. The van der Waals surface area contributed by atoms with Gasteiger partial charge in [0.15, 0.2) is 0 Å². The predicted molar refractivity (Wildman–Crippen MR) is 60.1 cm³/mol. The predicted octanol–water partition coefficient (Wildman–Crippen LogP) is 2.88. The quantitative estimate of drug-likeness (QED) is 0.661. The number of rotatable bonds is 1. The number of benzene rings is 1. The third kappa shape index (κ3) is 1.39. The third-order valence-electron chi connectivity index (χ3n) is 2.50. The van der Waals surface area contributed by atoms with Crippen molar-refractivity contribution in [1.82, 2.24) is 4.98 Å². The Morgan fingerprint density at radius 2 is 1.93 bits per heavy atom. The van der Waals surface area contributed by atoms with Gasteiger partial charge in [-0.2, -0.15) is 0 Å². The summed E-state index contributed by atoms with van der Waals surface area (Å²) >= 11 is 0. The lowest BCUT2D eigenvalue weighted by Gasteiger charge is -2.07. The highest BCUT2D eigenvalue weighted by Crippen LogP contribution is 2.26. The molecule has 0 aliphatic carbocycles. The number of aromatic nitrogens is 1. The fraction of sp³-hybridized carbons (Fsp3) is 0.167. The van der Waals surface area contributed by atoms with Crippen molar-refractivity contribution in [3.8, 4) is 11.3 Å². The summed E-state index contributed by atoms with van der Waals surface area (Å²) in [5, 5.41) is 0. The van der Waals surface area contributed by atoms with E-state index >= 15 is 0 Å². The molecule has 0 bridgehead atoms. The smallest absolute Gasteiger partial charge is 0.0457 e. The van der Waals surface area contributed by atoms with E-state index < -0.39 is 0 Å². The Bertz CT molecular complexity index is 442. The lowest BCUT2D eigenvalue weighted by Crippen LogP contribution is -1.93. The van der Waals surface area contributed by atoms with E-state index in [1.807, 2.05) is 25.3 Å². The first-order chi connectivity index (χ1) is 6.68. The summed E-state index contributed by atoms with van der Waals surface area (Å²) < 4.78 is 0. The monoisotopic (exact) mass is 186 g/mol. The van der Waals surface area contributed by atoms with Gasteiger partial charge in [-0.3, -0.25) is 0 Å². The molecule has 0 spiro atoms. The molecule has 72 valence electrons. The van der Waals surface area contributed by atoms with Gasteiger partial charge in [0.05, 0.1) is 0 Å². The summed E-state index contributed by atoms with van der Waals surface area (Å²) in [6.07, 6.45) is 1.92. The van der Waals surface area contributed by atoms with Gasteiger partial charge < -0.3 is 10.7 Å². The van der Waals surface area contributed by atoms with E-state index in [1.165, 1.54) is 11.1 Å². The molecule has 0 radical (unpaired) electrons. The molecule has 2 rings (SSSR count). The molecular formula is C12H14N2. The molecule has 0 unspecified atom stereocenters. The van der Waals surface area contributed by atoms with E-state index in [1.54, 1.807) is 0 Å². The minimum absolute atomic E-state index is 0.847. The molecule has 0 aliphatic rings. The molecule has 0 amide bonds. The molecule has 0 saturated heterocycles. The van der Waals surface area contributed by atoms with Gasteiger partial charge in [-0.05, 0) is 43.2 Å². The summed E-state index contributed by atoms with van der Waals surface area (Å²) in [6, 6.07) is 8.18. The maximum atomic E-state index is 5.88. The van der Waals surface area contributed by atoms with Gasteiger partial charge in [-0.15, -0.1) is 0 Å². The highest BCUT2D eigenvalue weighted by Gasteiger charge is 2.04. The average Bonchev–Trinajstić information content (AvgIpc) is 2.64. The van der Waals surface area contributed by atoms with E-state index in [0.717, 1.165) is 16.9 Å². The fourth-order valence-electron chi connectivity index (χ4n) is 1.66. The Balaban J connectivity index is 2.60. The fourth-order valence-corrected chi connectivity index (χ4v) is 1.66. The number of hydrogen-bond donors (Lipinski definition) is 2. The second kappa shape index (κ2) is 3.22. The lowest BCUT2D eigenvalue weighted by atomic mass is 10.0. The zero-order valence-electron chi connectivity index (χ0n) is 8.46. The van der Waals surface area contributed by atoms with Crippen LogP contribution < -0.4 is 5.73 Å². The summed E-state index contributed by atoms with van der Waals surface area (Å²) in [7, 11) is 0. The zero-order chi connectivity index (χ0) is 10.1. The van der Waals surface area contributed by atoms with Crippen molar-refractivity contribution in [3.05, 3.63) is 41.6 Å². The maximum Gasteiger partial charge on any atom is 0.0457 e. The van der Waals surface area contributed by atoms with Gasteiger partial charge in [0.1, 0.15) is 0 Å². The van der Waals surface area contributed by atoms with Gasteiger partial charge in [-0.25, -0.2) is 0 Å². The highest BCUT2D eigenvalue weighted by molar-refractivity contribution is 5.69. The number of H-pyrrole nitrogens is 1. The van der Waals surface area contributed by atoms with Gasteiger partial charge in [0.25, 0.3) is 0 Å². The molecule has 1 aromatic heterocycles. The Kier molecular flexibility index (Phi) is 2.04. The summed E-state index contributed by atoms with van der Waals surface area (Å²) in [4.78, 5) is 3.19. The molecule has 1 heterocycles. The van der Waals surface area contributed by atoms with E-state index in [-0.39, 0.29) is 0 Å². The van der Waals surface area contributed by atoms with Crippen molar-refractivity contribution in [1.29, 1.82) is 0 Å². The van der Waals surface area contributed by atoms with Crippen LogP contribution in [0.3, 0.4) is 0 Å². The molecule has 2 heteroatoms. The Morgan fingerprint density at radius 1 is 1.14 bits per heavy atom. The Labute approximate surface area is 83.8 Å². The molecule has 0 atom stereocenters. The topological polar surface area (TPSA) is 41.8 Å². The second-order valence-corrected chi connectivity index (χ2v) is 3.61. The molecule has 14 heavy (non-hydrogen) atoms. The van der Waals surface area contributed by atoms with E-state index in [4.69, 9.17) is 5.73 Å². The van der Waals surface area contributed by atoms with Crippen molar-refractivity contribution < 1.29 is 0 Å². The number of hydrogen-bond acceptors (Lipinski definition) is 1. The standard InChI is InChI=1S/C12H14N2/c1-8-6-9(2)11(13)7-10(8)12-4-3-5-14-12/h3-7,14H,13H2,1-2H3. The van der Waals surface area contributed by atoms with Crippen LogP contribution in [0, 0.1) is 13.8 Å². The zero-order valence-corrected chi connectivity index (χ0v) is 8.46. The lowest BCUT2D eigenvalue weighted by molar-refractivity contribution is 1.34. The van der Waals surface area contributed by atoms with Crippen molar-refractivity contribution >= 4 is 5.69 Å². The van der Waals surface area contributed by atoms with Crippen LogP contribution in [0.2, 0.25) is 0 Å². The van der Waals surface area contributed by atoms with Crippen LogP contribution in [0.25, 0.3) is 11.3 Å². The second-order valence-electron chi connectivity index (χ2n) is 3.61. The van der Waals surface area contributed by atoms with Crippen molar-refractivity contribution in [3.63, 3.8) is 0 Å². The molecule has 0 saturated carbocycles. The SMILES string of the molecule is Cc1cc(C)c(-c2ccc[nH]2)cc1N. The summed E-state index contributed by atoms with van der Waals surface area (Å²) in [5.74, 6) is 0. The first kappa shape index (κ1) is 8.88. The van der Waals surface area contributed by atoms with Gasteiger partial charge >= 0.3 is 0 Å². The van der Waals surface area contributed by atoms with Crippen molar-refractivity contribution in [2.75, 3.05) is 5.73 Å². The number of nitrogens with two attached hydrogens (primary N) is 1. The number of anilines is 1. The third-order valence-corrected chi connectivity index (χ3v) is 2.50. The van der Waals surface area contributed by atoms with Gasteiger partial charge in [-0.1, -0.05) is 6.07 Å². The molecule has 0 aliphatic heterocycles. The maximum absolute atomic E-state index is 5.88. The van der Waals surface area contributed by atoms with E-state index in [2.05, 4.69) is 24.0 Å². The normalized spacial score (nSPS) is 10.4. The van der Waals surface area contributed by atoms with Crippen LogP contribution >= 0.6 is 0 Å². The van der Waals surface area contributed by atoms with Crippen molar-refractivity contribution in [2.45, 2.75) is 13.8 Å². The van der Waals surface area contributed by atoms with E-state index in [9.17, 15) is 0 Å². The number of nitrogen functional groups attached to an aromatic ring is 1. The van der Waals surface area contributed by atoms with Crippen LogP contribution in [0.15, 0.2) is 30.5 Å². The van der Waals surface area contributed by atoms with Crippen molar-refractivity contribution in [2.24, 2.45) is 0 Å². The van der Waals surface area contributed by atoms with Crippen LogP contribution in [-0.2, 0) is 0 Å². The molecule has 3 N–H and O–H groups in total. The largest absolute Gasteiger partial charge is 0.398 e. The number of aromatic amines is 1. The number of aryl methyl sites for hydroxylation is 2. The van der Waals surface area contributed by atoms with E-state index in [0.29, 0.717) is 0 Å². The van der Waals surface area contributed by atoms with Gasteiger partial charge in [0, 0.05) is 23.1 Å². The Morgan fingerprint density at radius 3 is 2.57 bits per heavy atom. The summed E-state index contributed by atoms with van der Waals surface area (Å²) in [6.45, 7) is 4.13.